The molecular formula is C47H76O17. The molecular weight excluding hydrogens is 837 g/mol. The molecule has 3 heterocycles. The molecule has 0 spiro atoms. The van der Waals surface area contributed by atoms with E-state index in [-0.39, 0.29) is 53.3 Å². The van der Waals surface area contributed by atoms with Gasteiger partial charge in [0.25, 0.3) is 0 Å². The maximum Gasteiger partial charge on any atom is 0.187 e. The van der Waals surface area contributed by atoms with Crippen LogP contribution in [0.15, 0.2) is 23.3 Å². The third kappa shape index (κ3) is 7.45. The molecule has 17 heteroatoms. The van der Waals surface area contributed by atoms with Gasteiger partial charge in [0.1, 0.15) is 61.0 Å². The smallest absolute Gasteiger partial charge is 0.187 e. The van der Waals surface area contributed by atoms with Gasteiger partial charge in [-0.25, -0.2) is 0 Å². The van der Waals surface area contributed by atoms with Gasteiger partial charge in [0.05, 0.1) is 44.7 Å². The third-order valence-electron chi connectivity index (χ3n) is 18.6. The first kappa shape index (κ1) is 49.2. The normalized spacial score (nSPS) is 55.0. The van der Waals surface area contributed by atoms with E-state index in [1.54, 1.807) is 6.92 Å². The van der Waals surface area contributed by atoms with Crippen molar-refractivity contribution in [1.29, 1.82) is 0 Å². The third-order valence-corrected chi connectivity index (χ3v) is 18.6. The summed E-state index contributed by atoms with van der Waals surface area (Å²) in [4.78, 5) is 0. The molecule has 23 atom stereocenters. The summed E-state index contributed by atoms with van der Waals surface area (Å²) in [5.74, 6) is 0.0294. The second-order valence-corrected chi connectivity index (χ2v) is 22.6. The van der Waals surface area contributed by atoms with Crippen LogP contribution in [0.4, 0.5) is 0 Å². The van der Waals surface area contributed by atoms with E-state index in [9.17, 15) is 56.2 Å². The Balaban J connectivity index is 0.963. The number of allylic oxidation sites excluding steroid dienone is 4. The first-order valence-electron chi connectivity index (χ1n) is 23.6. The zero-order valence-electron chi connectivity index (χ0n) is 38.4. The van der Waals surface area contributed by atoms with E-state index in [0.29, 0.717) is 12.8 Å². The summed E-state index contributed by atoms with van der Waals surface area (Å²) >= 11 is 0. The maximum atomic E-state index is 12.0. The van der Waals surface area contributed by atoms with Crippen molar-refractivity contribution in [2.75, 3.05) is 26.4 Å². The van der Waals surface area contributed by atoms with Crippen molar-refractivity contribution in [1.82, 2.24) is 0 Å². The molecule has 23 unspecified atom stereocenters. The van der Waals surface area contributed by atoms with Crippen molar-refractivity contribution in [2.24, 2.45) is 44.3 Å². The molecule has 8 aliphatic rings. The van der Waals surface area contributed by atoms with Gasteiger partial charge < -0.3 is 84.6 Å². The van der Waals surface area contributed by atoms with Crippen molar-refractivity contribution < 1.29 is 84.6 Å². The zero-order chi connectivity index (χ0) is 46.7. The van der Waals surface area contributed by atoms with Crippen LogP contribution >= 0.6 is 0 Å². The van der Waals surface area contributed by atoms with Crippen LogP contribution in [0.25, 0.3) is 0 Å². The second-order valence-electron chi connectivity index (χ2n) is 22.6. The lowest BCUT2D eigenvalue weighted by atomic mass is 9.35. The molecule has 7 fully saturated rings. The molecule has 0 aromatic carbocycles. The highest BCUT2D eigenvalue weighted by Crippen LogP contribution is 2.74. The monoisotopic (exact) mass is 913 g/mol. The second kappa shape index (κ2) is 17.3. The highest BCUT2D eigenvalue weighted by molar-refractivity contribution is 5.46. The maximum absolute atomic E-state index is 12.0. The number of hydrogen-bond acceptors (Lipinski definition) is 17. The van der Waals surface area contributed by atoms with E-state index in [1.807, 2.05) is 6.92 Å². The number of ether oxygens (including phenoxy) is 6. The van der Waals surface area contributed by atoms with Crippen molar-refractivity contribution in [3.05, 3.63) is 23.3 Å². The van der Waals surface area contributed by atoms with Crippen LogP contribution in [0.2, 0.25) is 0 Å². The van der Waals surface area contributed by atoms with Crippen LogP contribution in [-0.2, 0) is 28.4 Å². The molecule has 4 saturated carbocycles. The Morgan fingerprint density at radius 3 is 1.94 bits per heavy atom. The molecule has 3 aliphatic heterocycles. The Hall–Kier alpha value is -1.20. The van der Waals surface area contributed by atoms with Gasteiger partial charge in [-0.1, -0.05) is 64.8 Å². The van der Waals surface area contributed by atoms with Gasteiger partial charge in [-0.2, -0.15) is 0 Å². The van der Waals surface area contributed by atoms with Gasteiger partial charge in [-0.15, -0.1) is 0 Å². The molecule has 5 aliphatic carbocycles. The summed E-state index contributed by atoms with van der Waals surface area (Å²) in [6.07, 6.45) is -11.7. The largest absolute Gasteiger partial charge is 0.396 e. The average Bonchev–Trinajstić information content (AvgIpc) is 3.24. The first-order valence-corrected chi connectivity index (χ1v) is 23.6. The van der Waals surface area contributed by atoms with Crippen LogP contribution < -0.4 is 0 Å². The predicted molar refractivity (Wildman–Crippen MR) is 225 cm³/mol. The predicted octanol–water partition coefficient (Wildman–Crippen LogP) is 0.144. The van der Waals surface area contributed by atoms with E-state index in [0.717, 1.165) is 38.5 Å². The van der Waals surface area contributed by atoms with Gasteiger partial charge in [0, 0.05) is 16.2 Å². The Kier molecular flexibility index (Phi) is 13.3. The van der Waals surface area contributed by atoms with Gasteiger partial charge in [0.2, 0.25) is 0 Å². The van der Waals surface area contributed by atoms with Crippen LogP contribution in [0.5, 0.6) is 0 Å². The summed E-state index contributed by atoms with van der Waals surface area (Å²) < 4.78 is 35.4. The van der Waals surface area contributed by atoms with E-state index in [1.165, 1.54) is 11.1 Å². The van der Waals surface area contributed by atoms with Gasteiger partial charge in [-0.05, 0) is 86.4 Å². The zero-order valence-corrected chi connectivity index (χ0v) is 38.4. The Labute approximate surface area is 376 Å². The number of rotatable bonds is 9. The van der Waals surface area contributed by atoms with Crippen LogP contribution in [0.1, 0.15) is 99.8 Å². The molecule has 3 saturated heterocycles. The molecule has 0 amide bonds. The molecule has 17 nitrogen and oxygen atoms in total. The summed E-state index contributed by atoms with van der Waals surface area (Å²) in [6.45, 7) is 13.8. The minimum absolute atomic E-state index is 0.0345. The van der Waals surface area contributed by atoms with Crippen LogP contribution in [0, 0.1) is 44.3 Å². The molecule has 8 rings (SSSR count). The molecule has 366 valence electrons. The van der Waals surface area contributed by atoms with Crippen molar-refractivity contribution in [2.45, 2.75) is 198 Å². The Bertz CT molecular complexity index is 1760. The van der Waals surface area contributed by atoms with Crippen molar-refractivity contribution >= 4 is 0 Å². The quantitative estimate of drug-likeness (QED) is 0.137. The fourth-order valence-corrected chi connectivity index (χ4v) is 14.3. The van der Waals surface area contributed by atoms with Crippen molar-refractivity contribution in [3.63, 3.8) is 0 Å². The molecule has 11 N–H and O–H groups in total. The lowest BCUT2D eigenvalue weighted by molar-refractivity contribution is -0.377. The fraction of sp³-hybridized carbons (Fsp3) is 0.915. The molecule has 0 aromatic rings. The lowest BCUT2D eigenvalue weighted by Crippen LogP contribution is -2.66. The topological polar surface area (TPSA) is 278 Å². The first-order chi connectivity index (χ1) is 30.0. The number of aliphatic hydroxyl groups excluding tert-OH is 11. The highest BCUT2D eigenvalue weighted by atomic mass is 16.8. The molecule has 0 aromatic heterocycles. The van der Waals surface area contributed by atoms with Gasteiger partial charge in [0.15, 0.2) is 18.9 Å². The van der Waals surface area contributed by atoms with Gasteiger partial charge in [-0.3, -0.25) is 0 Å². The van der Waals surface area contributed by atoms with Crippen molar-refractivity contribution in [3.8, 4) is 0 Å². The van der Waals surface area contributed by atoms with Crippen LogP contribution in [0.3, 0.4) is 0 Å². The van der Waals surface area contributed by atoms with E-state index in [2.05, 4.69) is 46.8 Å². The Morgan fingerprint density at radius 1 is 0.641 bits per heavy atom. The summed E-state index contributed by atoms with van der Waals surface area (Å²) in [5.41, 5.74) is 0.430. The van der Waals surface area contributed by atoms with E-state index < -0.39 is 116 Å². The summed E-state index contributed by atoms with van der Waals surface area (Å²) in [5, 5.41) is 120. The molecule has 0 radical (unpaired) electrons. The minimum atomic E-state index is -1.82. The van der Waals surface area contributed by atoms with Gasteiger partial charge >= 0.3 is 0 Å². The summed E-state index contributed by atoms with van der Waals surface area (Å²) in [7, 11) is 0. The molecule has 0 bridgehead atoms. The van der Waals surface area contributed by atoms with E-state index in [4.69, 9.17) is 28.4 Å². The SMILES string of the molecule is CC1OC(OC2CCC3(C)C4=CC=C5C6CC(C)(C)CCC6(CO)C(O)CC5(C)C4(C)CCC3C2(C)CO)C(O)C(O)C1OC1OC(CO)C(OC2OCC(O)C(O)C2O)C(O)C1O. The summed E-state index contributed by atoms with van der Waals surface area (Å²) in [6, 6.07) is 0. The minimum Gasteiger partial charge on any atom is -0.396 e. The van der Waals surface area contributed by atoms with Crippen LogP contribution in [-0.4, -0.2) is 181 Å². The standard InChI is InChI=1S/C47H76O17/c1-22-37(63-41-36(58)33(55)38(26(18-48)61-41)64-39-34(56)31(53)25(51)19-59-39)32(54)35(57)40(60-22)62-30-11-12-43(4)27(44(30,5)20-49)10-13-45(6)28(43)9-8-23-24-16-42(2,3)14-15-47(24,21-50)29(52)17-46(23,45)7/h8-9,22,24-27,29-41,48-58H,10-21H2,1-7H3. The lowest BCUT2D eigenvalue weighted by Gasteiger charge is -2.69. The highest BCUT2D eigenvalue weighted by Gasteiger charge is 2.69. The molecule has 64 heavy (non-hydrogen) atoms. The van der Waals surface area contributed by atoms with E-state index >= 15 is 0 Å². The number of hydrogen-bond donors (Lipinski definition) is 11. The fourth-order valence-electron chi connectivity index (χ4n) is 14.3. The Morgan fingerprint density at radius 2 is 1.28 bits per heavy atom. The number of fused-ring (bicyclic) bond motifs is 7. The average molecular weight is 913 g/mol. The number of aliphatic hydroxyl groups is 11.